The van der Waals surface area contributed by atoms with Crippen molar-refractivity contribution in [3.8, 4) is 0 Å². The summed E-state index contributed by atoms with van der Waals surface area (Å²) in [5, 5.41) is 0. The number of halogens is 2. The van der Waals surface area contributed by atoms with E-state index in [4.69, 9.17) is 27.0 Å². The second-order valence-electron chi connectivity index (χ2n) is 10.9. The molecule has 0 saturated carbocycles. The van der Waals surface area contributed by atoms with Crippen LogP contribution in [0.25, 0.3) is 0 Å². The van der Waals surface area contributed by atoms with E-state index in [1.807, 2.05) is 36.7 Å². The van der Waals surface area contributed by atoms with E-state index in [-0.39, 0.29) is 0 Å². The Morgan fingerprint density at radius 1 is 0.537 bits per heavy atom. The van der Waals surface area contributed by atoms with Crippen molar-refractivity contribution in [1.82, 2.24) is 9.97 Å². The summed E-state index contributed by atoms with van der Waals surface area (Å²) >= 11 is -0.826. The fourth-order valence-electron chi connectivity index (χ4n) is 4.36. The van der Waals surface area contributed by atoms with Crippen LogP contribution in [0.3, 0.4) is 0 Å². The summed E-state index contributed by atoms with van der Waals surface area (Å²) < 4.78 is 0. The summed E-state index contributed by atoms with van der Waals surface area (Å²) in [6.07, 6.45) is 7.29. The fourth-order valence-corrected chi connectivity index (χ4v) is 4.36. The molecule has 2 aromatic carbocycles. The molecule has 0 spiro atoms. The number of hydrogen-bond acceptors (Lipinski definition) is 2. The molecule has 0 unspecified atom stereocenters. The van der Waals surface area contributed by atoms with E-state index in [2.05, 4.69) is 102 Å². The summed E-state index contributed by atoms with van der Waals surface area (Å²) in [6, 6.07) is 20.7. The molecule has 0 saturated heterocycles. The summed E-state index contributed by atoms with van der Waals surface area (Å²) in [5.41, 5.74) is 9.23. The van der Waals surface area contributed by atoms with Crippen LogP contribution in [0.4, 0.5) is 11.4 Å². The minimum absolute atomic E-state index is 0.471. The van der Waals surface area contributed by atoms with Crippen LogP contribution in [0, 0.1) is 0 Å². The fraction of sp³-hybridized carbons (Fsp3) is 0.353. The molecule has 0 aliphatic heterocycles. The van der Waals surface area contributed by atoms with Gasteiger partial charge in [0, 0.05) is 12.4 Å². The number of rotatable bonds is 8. The van der Waals surface area contributed by atoms with Crippen molar-refractivity contribution in [3.05, 3.63) is 107 Å². The molecule has 0 amide bonds. The van der Waals surface area contributed by atoms with Gasteiger partial charge in [0.25, 0.3) is 0 Å². The Hall–Kier alpha value is -2.20. The minimum atomic E-state index is -0.826. The predicted octanol–water partition coefficient (Wildman–Crippen LogP) is 10.7. The Kier molecular flexibility index (Phi) is 15.7. The molecule has 0 bridgehead atoms. The van der Waals surface area contributed by atoms with Crippen LogP contribution in [0.2, 0.25) is 0 Å². The first-order chi connectivity index (χ1) is 19.6. The van der Waals surface area contributed by atoms with Crippen molar-refractivity contribution in [1.29, 1.82) is 0 Å². The molecule has 0 N–H and O–H groups in total. The molecule has 4 nitrogen and oxygen atoms in total. The summed E-state index contributed by atoms with van der Waals surface area (Å²) in [5.74, 6) is 1.88. The van der Waals surface area contributed by atoms with Gasteiger partial charge in [-0.25, -0.2) is 0 Å². The van der Waals surface area contributed by atoms with Crippen LogP contribution < -0.4 is 9.97 Å². The van der Waals surface area contributed by atoms with Gasteiger partial charge in [-0.3, -0.25) is 9.98 Å². The van der Waals surface area contributed by atoms with E-state index in [0.29, 0.717) is 23.7 Å². The van der Waals surface area contributed by atoms with Crippen molar-refractivity contribution in [2.75, 3.05) is 0 Å². The van der Waals surface area contributed by atoms with Gasteiger partial charge in [-0.2, -0.15) is 12.4 Å². The Morgan fingerprint density at radius 3 is 1.05 bits per heavy atom. The van der Waals surface area contributed by atoms with Crippen LogP contribution in [0.5, 0.6) is 0 Å². The van der Waals surface area contributed by atoms with E-state index in [9.17, 15) is 0 Å². The van der Waals surface area contributed by atoms with E-state index in [0.717, 1.165) is 22.8 Å². The SMILES string of the molecule is CC(C)c1cccc(C(C)C)c1N=Cc1ccc[n-]1.CC(C)c1cccc(C(C)C)c1N=Cc1ccc[n-]1.[Cl][Zr+2][Cl]. The second-order valence-corrected chi connectivity index (χ2v) is 14.6. The predicted molar refractivity (Wildman–Crippen MR) is 175 cm³/mol. The van der Waals surface area contributed by atoms with Crippen molar-refractivity contribution in [3.63, 3.8) is 0 Å². The maximum absolute atomic E-state index is 4.93. The van der Waals surface area contributed by atoms with Crippen LogP contribution in [0.1, 0.15) is 113 Å². The molecule has 216 valence electrons. The molecule has 2 aromatic heterocycles. The normalized spacial score (nSPS) is 11.3. The molecule has 4 aromatic rings. The molecular formula is C34H42Cl2N4Zr. The topological polar surface area (TPSA) is 52.9 Å². The first kappa shape index (κ1) is 35.0. The summed E-state index contributed by atoms with van der Waals surface area (Å²) in [6.45, 7) is 17.7. The third kappa shape index (κ3) is 11.2. The molecule has 41 heavy (non-hydrogen) atoms. The second kappa shape index (κ2) is 18.4. The van der Waals surface area contributed by atoms with Gasteiger partial charge in [-0.1, -0.05) is 116 Å². The summed E-state index contributed by atoms with van der Waals surface area (Å²) in [4.78, 5) is 17.9. The first-order valence-corrected chi connectivity index (χ1v) is 20.4. The van der Waals surface area contributed by atoms with Crippen LogP contribution >= 0.6 is 17.0 Å². The van der Waals surface area contributed by atoms with Gasteiger partial charge in [0.05, 0.1) is 11.4 Å². The maximum atomic E-state index is 4.93. The number of hydrogen-bond donors (Lipinski definition) is 0. The zero-order valence-electron chi connectivity index (χ0n) is 25.4. The van der Waals surface area contributed by atoms with Gasteiger partial charge in [0.15, 0.2) is 0 Å². The van der Waals surface area contributed by atoms with E-state index in [1.165, 1.54) is 22.3 Å². The number of benzene rings is 2. The molecule has 0 fully saturated rings. The van der Waals surface area contributed by atoms with Crippen LogP contribution in [-0.4, -0.2) is 12.4 Å². The Balaban J connectivity index is 0.000000262. The Bertz CT molecular complexity index is 1180. The average molecular weight is 669 g/mol. The number of aliphatic imine (C=N–C) groups is 2. The van der Waals surface area contributed by atoms with Crippen molar-refractivity contribution < 1.29 is 20.8 Å². The molecule has 0 atom stereocenters. The van der Waals surface area contributed by atoms with Crippen molar-refractivity contribution >= 4 is 40.8 Å². The van der Waals surface area contributed by atoms with Gasteiger partial charge in [-0.05, 0) is 45.9 Å². The van der Waals surface area contributed by atoms with Gasteiger partial charge in [-0.15, -0.1) is 11.4 Å². The zero-order valence-corrected chi connectivity index (χ0v) is 29.4. The van der Waals surface area contributed by atoms with Crippen molar-refractivity contribution in [2.24, 2.45) is 9.98 Å². The van der Waals surface area contributed by atoms with Gasteiger partial charge in [0.2, 0.25) is 0 Å². The molecule has 2 heterocycles. The monoisotopic (exact) mass is 666 g/mol. The average Bonchev–Trinajstić information content (AvgIpc) is 3.65. The molecule has 0 aliphatic rings. The van der Waals surface area contributed by atoms with E-state index in [1.54, 1.807) is 12.4 Å². The number of nitrogens with zero attached hydrogens (tertiary/aromatic N) is 4. The molecule has 0 aliphatic carbocycles. The first-order valence-electron chi connectivity index (χ1n) is 14.1. The quantitative estimate of drug-likeness (QED) is 0.176. The van der Waals surface area contributed by atoms with Crippen LogP contribution in [0.15, 0.2) is 83.0 Å². The third-order valence-corrected chi connectivity index (χ3v) is 6.49. The molecule has 4 rings (SSSR count). The van der Waals surface area contributed by atoms with Crippen molar-refractivity contribution in [2.45, 2.75) is 79.1 Å². The van der Waals surface area contributed by atoms with Gasteiger partial charge < -0.3 is 9.97 Å². The van der Waals surface area contributed by atoms with Crippen LogP contribution in [-0.2, 0) is 20.8 Å². The Morgan fingerprint density at radius 2 is 0.829 bits per heavy atom. The molecule has 7 heteroatoms. The van der Waals surface area contributed by atoms with E-state index < -0.39 is 20.8 Å². The number of para-hydroxylation sites is 2. The Labute approximate surface area is 265 Å². The standard InChI is InChI=1S/2C17H21N2.2ClH.Zr/c2*1-12(2)15-8-5-9-16(13(3)4)17(15)19-11-14-7-6-10-18-14;;;/h2*5-13H,1-4H3;2*1H;/q2*-1;;;+4/p-2. The molecular weight excluding hydrogens is 627 g/mol. The van der Waals surface area contributed by atoms with Gasteiger partial charge in [0.1, 0.15) is 0 Å². The van der Waals surface area contributed by atoms with Gasteiger partial charge >= 0.3 is 37.9 Å². The number of aromatic nitrogens is 2. The molecule has 0 radical (unpaired) electrons. The third-order valence-electron chi connectivity index (χ3n) is 6.49. The zero-order chi connectivity index (χ0) is 30.4. The van der Waals surface area contributed by atoms with E-state index >= 15 is 0 Å². The summed E-state index contributed by atoms with van der Waals surface area (Å²) in [7, 11) is 9.87.